The number of nitrogens with zero attached hydrogens (tertiary/aromatic N) is 2. The van der Waals surface area contributed by atoms with Gasteiger partial charge in [0, 0.05) is 35.2 Å². The van der Waals surface area contributed by atoms with Crippen LogP contribution in [0.1, 0.15) is 32.8 Å². The molecule has 5 nitrogen and oxygen atoms in total. The zero-order chi connectivity index (χ0) is 18.1. The van der Waals surface area contributed by atoms with Crippen molar-refractivity contribution in [2.24, 2.45) is 0 Å². The number of thiocarbonyl (C=S) groups is 1. The molecule has 0 aliphatic carbocycles. The first-order valence-corrected chi connectivity index (χ1v) is 8.87. The second-order valence-electron chi connectivity index (χ2n) is 6.14. The zero-order valence-electron chi connectivity index (χ0n) is 14.6. The van der Waals surface area contributed by atoms with Crippen LogP contribution in [0.5, 0.6) is 0 Å². The Balaban J connectivity index is 2.10. The number of para-hydroxylation sites is 1. The summed E-state index contributed by atoms with van der Waals surface area (Å²) in [4.78, 5) is 26.7. The summed E-state index contributed by atoms with van der Waals surface area (Å²) in [7, 11) is 0. The van der Waals surface area contributed by atoms with Gasteiger partial charge in [0.05, 0.1) is 0 Å². The molecule has 1 aliphatic heterocycles. The van der Waals surface area contributed by atoms with E-state index >= 15 is 0 Å². The summed E-state index contributed by atoms with van der Waals surface area (Å²) < 4.78 is 2.10. The average Bonchev–Trinajstić information content (AvgIpc) is 2.96. The summed E-state index contributed by atoms with van der Waals surface area (Å²) in [6.45, 7) is 6.77. The maximum atomic E-state index is 12.9. The number of amides is 2. The molecule has 1 aromatic carbocycles. The van der Waals surface area contributed by atoms with E-state index in [4.69, 9.17) is 12.2 Å². The summed E-state index contributed by atoms with van der Waals surface area (Å²) in [6, 6.07) is 7.89. The molecule has 130 valence electrons. The van der Waals surface area contributed by atoms with Crippen LogP contribution in [-0.2, 0) is 16.1 Å². The highest BCUT2D eigenvalue weighted by atomic mass is 32.1. The smallest absolute Gasteiger partial charge is 0.265 e. The van der Waals surface area contributed by atoms with Gasteiger partial charge in [0.15, 0.2) is 5.11 Å². The molecule has 1 aliphatic rings. The predicted molar refractivity (Wildman–Crippen MR) is 103 cm³/mol. The van der Waals surface area contributed by atoms with Gasteiger partial charge < -0.3 is 4.57 Å². The van der Waals surface area contributed by atoms with E-state index in [1.165, 1.54) is 4.90 Å². The lowest BCUT2D eigenvalue weighted by Gasteiger charge is -2.33. The van der Waals surface area contributed by atoms with Gasteiger partial charge in [-0.25, -0.2) is 0 Å². The number of aromatic nitrogens is 1. The fourth-order valence-corrected chi connectivity index (χ4v) is 3.42. The van der Waals surface area contributed by atoms with Crippen molar-refractivity contribution >= 4 is 46.1 Å². The topological polar surface area (TPSA) is 54.3 Å². The van der Waals surface area contributed by atoms with Crippen LogP contribution in [0, 0.1) is 0 Å². The predicted octanol–water partition coefficient (Wildman–Crippen LogP) is 3.09. The molecular weight excluding hydrogens is 334 g/mol. The Morgan fingerprint density at radius 1 is 1.24 bits per heavy atom. The van der Waals surface area contributed by atoms with Crippen LogP contribution in [0.2, 0.25) is 0 Å². The molecule has 2 amide bonds. The van der Waals surface area contributed by atoms with Gasteiger partial charge >= 0.3 is 0 Å². The number of hydrogen-bond acceptors (Lipinski definition) is 3. The molecule has 3 rings (SSSR count). The van der Waals surface area contributed by atoms with Crippen LogP contribution in [0.4, 0.5) is 0 Å². The van der Waals surface area contributed by atoms with Crippen LogP contribution in [0.3, 0.4) is 0 Å². The minimum absolute atomic E-state index is 0.0685. The van der Waals surface area contributed by atoms with E-state index < -0.39 is 5.91 Å². The van der Waals surface area contributed by atoms with E-state index in [1.54, 1.807) is 6.08 Å². The molecule has 1 aromatic heterocycles. The quantitative estimate of drug-likeness (QED) is 0.521. The Bertz CT molecular complexity index is 897. The molecule has 1 atom stereocenters. The Hall–Kier alpha value is -2.47. The van der Waals surface area contributed by atoms with E-state index in [2.05, 4.69) is 16.8 Å². The van der Waals surface area contributed by atoms with E-state index in [-0.39, 0.29) is 22.6 Å². The molecule has 2 aromatic rings. The van der Waals surface area contributed by atoms with Gasteiger partial charge in [-0.1, -0.05) is 25.1 Å². The normalized spacial score (nSPS) is 18.1. The third-order valence-electron chi connectivity index (χ3n) is 4.62. The zero-order valence-corrected chi connectivity index (χ0v) is 15.4. The number of hydrogen-bond donors (Lipinski definition) is 1. The number of aryl methyl sites for hydroxylation is 1. The van der Waals surface area contributed by atoms with Crippen molar-refractivity contribution < 1.29 is 9.59 Å². The van der Waals surface area contributed by atoms with Gasteiger partial charge in [-0.2, -0.15) is 0 Å². The van der Waals surface area contributed by atoms with Gasteiger partial charge in [-0.15, -0.1) is 0 Å². The lowest BCUT2D eigenvalue weighted by Crippen LogP contribution is -2.56. The molecule has 25 heavy (non-hydrogen) atoms. The van der Waals surface area contributed by atoms with E-state index in [0.29, 0.717) is 0 Å². The minimum atomic E-state index is -0.442. The van der Waals surface area contributed by atoms with Gasteiger partial charge in [0.1, 0.15) is 5.57 Å². The number of carbonyl (C=O) groups is 2. The maximum Gasteiger partial charge on any atom is 0.265 e. The summed E-state index contributed by atoms with van der Waals surface area (Å²) in [5.41, 5.74) is 2.05. The first-order valence-electron chi connectivity index (χ1n) is 8.46. The van der Waals surface area contributed by atoms with Crippen LogP contribution >= 0.6 is 12.2 Å². The number of fused-ring (bicyclic) bond motifs is 1. The highest BCUT2D eigenvalue weighted by Gasteiger charge is 2.35. The van der Waals surface area contributed by atoms with Gasteiger partial charge in [-0.05, 0) is 44.6 Å². The highest BCUT2D eigenvalue weighted by molar-refractivity contribution is 7.80. The molecule has 6 heteroatoms. The Labute approximate surface area is 152 Å². The number of nitrogens with one attached hydrogen (secondary N) is 1. The molecule has 0 bridgehead atoms. The molecule has 0 unspecified atom stereocenters. The first-order chi connectivity index (χ1) is 12.0. The maximum absolute atomic E-state index is 12.9. The molecule has 1 N–H and O–H groups in total. The lowest BCUT2D eigenvalue weighted by molar-refractivity contribution is -0.130. The third-order valence-corrected chi connectivity index (χ3v) is 4.92. The van der Waals surface area contributed by atoms with Crippen molar-refractivity contribution in [1.82, 2.24) is 14.8 Å². The van der Waals surface area contributed by atoms with E-state index in [0.717, 1.165) is 29.4 Å². The van der Waals surface area contributed by atoms with Crippen molar-refractivity contribution in [2.45, 2.75) is 39.8 Å². The van der Waals surface area contributed by atoms with E-state index in [9.17, 15) is 9.59 Å². The number of rotatable bonds is 4. The van der Waals surface area contributed by atoms with Gasteiger partial charge in [0.2, 0.25) is 0 Å². The largest absolute Gasteiger partial charge is 0.347 e. The van der Waals surface area contributed by atoms with Gasteiger partial charge in [-0.3, -0.25) is 19.8 Å². The van der Waals surface area contributed by atoms with Crippen LogP contribution < -0.4 is 5.32 Å². The highest BCUT2D eigenvalue weighted by Crippen LogP contribution is 2.25. The van der Waals surface area contributed by atoms with Crippen molar-refractivity contribution in [3.63, 3.8) is 0 Å². The van der Waals surface area contributed by atoms with Crippen molar-refractivity contribution in [3.8, 4) is 0 Å². The SMILES string of the molecule is CC[C@@H](C)N1C(=O)/C(=C/c2cn(CC)c3ccccc23)C(=O)NC1=S. The summed E-state index contributed by atoms with van der Waals surface area (Å²) in [5, 5.41) is 3.83. The summed E-state index contributed by atoms with van der Waals surface area (Å²) >= 11 is 5.18. The molecule has 1 fully saturated rings. The molecule has 0 spiro atoms. The monoisotopic (exact) mass is 355 g/mol. The minimum Gasteiger partial charge on any atom is -0.347 e. The summed E-state index contributed by atoms with van der Waals surface area (Å²) in [6.07, 6.45) is 4.40. The van der Waals surface area contributed by atoms with Crippen LogP contribution in [-0.4, -0.2) is 32.4 Å². The fraction of sp³-hybridized carbons (Fsp3) is 0.316. The van der Waals surface area contributed by atoms with E-state index in [1.807, 2.05) is 44.3 Å². The number of benzene rings is 1. The fourth-order valence-electron chi connectivity index (χ4n) is 3.06. The second kappa shape index (κ2) is 6.80. The number of carbonyl (C=O) groups excluding carboxylic acids is 2. The van der Waals surface area contributed by atoms with Crippen molar-refractivity contribution in [1.29, 1.82) is 0 Å². The standard InChI is InChI=1S/C19H21N3O2S/c1-4-12(3)22-18(24)15(17(23)20-19(22)25)10-13-11-21(5-2)16-9-7-6-8-14(13)16/h6-12H,4-5H2,1-3H3,(H,20,23,25)/b15-10+/t12-/m1/s1. The van der Waals surface area contributed by atoms with Crippen LogP contribution in [0.25, 0.3) is 17.0 Å². The molecule has 1 saturated heterocycles. The Morgan fingerprint density at radius 3 is 2.64 bits per heavy atom. The second-order valence-corrected chi connectivity index (χ2v) is 6.52. The molecule has 0 radical (unpaired) electrons. The molecule has 2 heterocycles. The lowest BCUT2D eigenvalue weighted by atomic mass is 10.1. The molecular formula is C19H21N3O2S. The summed E-state index contributed by atoms with van der Waals surface area (Å²) in [5.74, 6) is -0.778. The Kier molecular flexibility index (Phi) is 4.72. The van der Waals surface area contributed by atoms with Crippen molar-refractivity contribution in [2.75, 3.05) is 0 Å². The van der Waals surface area contributed by atoms with Crippen LogP contribution in [0.15, 0.2) is 36.0 Å². The Morgan fingerprint density at radius 2 is 1.96 bits per heavy atom. The molecule has 0 saturated carbocycles. The van der Waals surface area contributed by atoms with Crippen molar-refractivity contribution in [3.05, 3.63) is 41.6 Å². The third kappa shape index (κ3) is 2.98. The average molecular weight is 355 g/mol. The van der Waals surface area contributed by atoms with Gasteiger partial charge in [0.25, 0.3) is 11.8 Å². The first kappa shape index (κ1) is 17.4.